The first-order valence-corrected chi connectivity index (χ1v) is 9.12. The Kier molecular flexibility index (Phi) is 6.75. The molecule has 2 aliphatic rings. The highest BCUT2D eigenvalue weighted by Crippen LogP contribution is 2.58. The van der Waals surface area contributed by atoms with Gasteiger partial charge in [-0.2, -0.15) is 0 Å². The van der Waals surface area contributed by atoms with Crippen molar-refractivity contribution in [1.29, 1.82) is 0 Å². The van der Waals surface area contributed by atoms with Crippen LogP contribution in [0.15, 0.2) is 24.3 Å². The second-order valence-electron chi connectivity index (χ2n) is 7.59. The topological polar surface area (TPSA) is 41.6 Å². The quantitative estimate of drug-likeness (QED) is 0.806. The fourth-order valence-corrected chi connectivity index (χ4v) is 4.91. The van der Waals surface area contributed by atoms with Crippen molar-refractivity contribution in [2.24, 2.45) is 17.3 Å². The Labute approximate surface area is 157 Å². The van der Waals surface area contributed by atoms with Crippen LogP contribution >= 0.6 is 12.4 Å². The van der Waals surface area contributed by atoms with E-state index in [1.165, 1.54) is 24.8 Å². The maximum absolute atomic E-state index is 13.4. The molecule has 0 aliphatic heterocycles. The highest BCUT2D eigenvalue weighted by molar-refractivity contribution is 5.85. The highest BCUT2D eigenvalue weighted by atomic mass is 35.5. The zero-order valence-electron chi connectivity index (χ0n) is 15.6. The molecule has 0 saturated heterocycles. The Morgan fingerprint density at radius 1 is 1.40 bits per heavy atom. The Balaban J connectivity index is 0.00000225. The van der Waals surface area contributed by atoms with Gasteiger partial charge in [-0.1, -0.05) is 18.6 Å². The Bertz CT molecular complexity index is 595. The lowest BCUT2D eigenvalue weighted by Gasteiger charge is -2.39. The molecule has 1 aromatic rings. The predicted octanol–water partition coefficient (Wildman–Crippen LogP) is 3.14. The normalized spacial score (nSPS) is 27.0. The van der Waals surface area contributed by atoms with Crippen LogP contribution in [0, 0.1) is 17.3 Å². The van der Waals surface area contributed by atoms with Crippen molar-refractivity contribution in [2.75, 3.05) is 34.3 Å². The molecule has 1 N–H and O–H groups in total. The summed E-state index contributed by atoms with van der Waals surface area (Å²) >= 11 is 0. The number of ether oxygens (including phenoxy) is 1. The number of hydrogen-bond donors (Lipinski definition) is 1. The number of nitrogens with one attached hydrogen (secondary N) is 1. The van der Waals surface area contributed by atoms with Crippen LogP contribution in [0.3, 0.4) is 0 Å². The molecule has 0 aromatic heterocycles. The standard InChI is InChI=1S/C20H30N2O2.ClH/c1-21-9-10-22(2)19(23)20(14-16-7-8-17(20)11-16)13-15-5-4-6-18(12-15)24-3;/h4-6,12,16-17,21H,7-11,13-14H2,1-3H3;1H. The van der Waals surface area contributed by atoms with Crippen molar-refractivity contribution in [2.45, 2.75) is 32.1 Å². The summed E-state index contributed by atoms with van der Waals surface area (Å²) in [5, 5.41) is 3.14. The van der Waals surface area contributed by atoms with Crippen LogP contribution in [0.5, 0.6) is 5.75 Å². The number of amides is 1. The number of hydrogen-bond acceptors (Lipinski definition) is 3. The summed E-state index contributed by atoms with van der Waals surface area (Å²) in [6.45, 7) is 1.61. The first-order valence-electron chi connectivity index (χ1n) is 9.12. The molecule has 140 valence electrons. The summed E-state index contributed by atoms with van der Waals surface area (Å²) in [7, 11) is 5.59. The van der Waals surface area contributed by atoms with Gasteiger partial charge < -0.3 is 15.0 Å². The number of fused-ring (bicyclic) bond motifs is 2. The van der Waals surface area contributed by atoms with Crippen LogP contribution in [0.25, 0.3) is 0 Å². The van der Waals surface area contributed by atoms with E-state index in [-0.39, 0.29) is 17.8 Å². The molecule has 2 fully saturated rings. The molecule has 1 amide bonds. The molecule has 2 bridgehead atoms. The molecule has 3 unspecified atom stereocenters. The predicted molar refractivity (Wildman–Crippen MR) is 103 cm³/mol. The molecule has 1 aromatic carbocycles. The van der Waals surface area contributed by atoms with E-state index in [0.717, 1.165) is 37.6 Å². The summed E-state index contributed by atoms with van der Waals surface area (Å²) in [4.78, 5) is 15.3. The van der Waals surface area contributed by atoms with Crippen LogP contribution in [0.4, 0.5) is 0 Å². The van der Waals surface area contributed by atoms with Gasteiger partial charge in [0, 0.05) is 20.1 Å². The van der Waals surface area contributed by atoms with Crippen molar-refractivity contribution in [3.05, 3.63) is 29.8 Å². The summed E-state index contributed by atoms with van der Waals surface area (Å²) in [6, 6.07) is 8.23. The molecule has 3 atom stereocenters. The first-order chi connectivity index (χ1) is 11.6. The highest BCUT2D eigenvalue weighted by Gasteiger charge is 2.55. The molecule has 0 radical (unpaired) electrons. The van der Waals surface area contributed by atoms with Gasteiger partial charge in [0.05, 0.1) is 12.5 Å². The fourth-order valence-electron chi connectivity index (χ4n) is 4.91. The number of carbonyl (C=O) groups is 1. The van der Waals surface area contributed by atoms with Gasteiger partial charge in [-0.3, -0.25) is 4.79 Å². The Morgan fingerprint density at radius 2 is 2.20 bits per heavy atom. The number of methoxy groups -OCH3 is 1. The van der Waals surface area contributed by atoms with Crippen LogP contribution in [-0.2, 0) is 11.2 Å². The lowest BCUT2D eigenvalue weighted by Crippen LogP contribution is -2.48. The molecular formula is C20H31ClN2O2. The molecule has 2 saturated carbocycles. The van der Waals surface area contributed by atoms with Gasteiger partial charge in [-0.25, -0.2) is 0 Å². The van der Waals surface area contributed by atoms with Crippen LogP contribution in [-0.4, -0.2) is 45.1 Å². The molecule has 5 heteroatoms. The SMILES string of the molecule is CNCCN(C)C(=O)C1(Cc2cccc(OC)c2)CC2CCC1C2.Cl. The smallest absolute Gasteiger partial charge is 0.229 e. The molecule has 4 nitrogen and oxygen atoms in total. The molecule has 2 aliphatic carbocycles. The van der Waals surface area contributed by atoms with Crippen LogP contribution in [0.2, 0.25) is 0 Å². The monoisotopic (exact) mass is 366 g/mol. The van der Waals surface area contributed by atoms with Gasteiger partial charge in [0.25, 0.3) is 0 Å². The molecule has 3 rings (SSSR count). The average molecular weight is 367 g/mol. The Hall–Kier alpha value is -1.26. The van der Waals surface area contributed by atoms with E-state index in [1.807, 2.05) is 31.1 Å². The van der Waals surface area contributed by atoms with E-state index in [0.29, 0.717) is 11.8 Å². The van der Waals surface area contributed by atoms with Gasteiger partial charge in [0.2, 0.25) is 5.91 Å². The molecule has 0 spiro atoms. The van der Waals surface area contributed by atoms with E-state index in [1.54, 1.807) is 7.11 Å². The second kappa shape index (κ2) is 8.41. The van der Waals surface area contributed by atoms with E-state index >= 15 is 0 Å². The second-order valence-corrected chi connectivity index (χ2v) is 7.59. The summed E-state index contributed by atoms with van der Waals surface area (Å²) in [5.74, 6) is 2.50. The molecular weight excluding hydrogens is 336 g/mol. The maximum Gasteiger partial charge on any atom is 0.229 e. The number of halogens is 1. The van der Waals surface area contributed by atoms with Gasteiger partial charge >= 0.3 is 0 Å². The summed E-state index contributed by atoms with van der Waals surface area (Å²) in [5.41, 5.74) is 1.01. The van der Waals surface area contributed by atoms with E-state index in [9.17, 15) is 4.79 Å². The molecule has 0 heterocycles. The average Bonchev–Trinajstić information content (AvgIpc) is 3.20. The van der Waals surface area contributed by atoms with Crippen molar-refractivity contribution in [3.63, 3.8) is 0 Å². The number of benzene rings is 1. The lowest BCUT2D eigenvalue weighted by atomic mass is 9.68. The van der Waals surface area contributed by atoms with Crippen molar-refractivity contribution >= 4 is 18.3 Å². The van der Waals surface area contributed by atoms with E-state index in [2.05, 4.69) is 17.4 Å². The van der Waals surface area contributed by atoms with E-state index in [4.69, 9.17) is 4.74 Å². The number of rotatable bonds is 7. The largest absolute Gasteiger partial charge is 0.497 e. The zero-order valence-corrected chi connectivity index (χ0v) is 16.4. The number of nitrogens with zero attached hydrogens (tertiary/aromatic N) is 1. The van der Waals surface area contributed by atoms with Crippen LogP contribution in [0.1, 0.15) is 31.2 Å². The van der Waals surface area contributed by atoms with Crippen molar-refractivity contribution < 1.29 is 9.53 Å². The number of carbonyl (C=O) groups excluding carboxylic acids is 1. The lowest BCUT2D eigenvalue weighted by molar-refractivity contribution is -0.144. The summed E-state index contributed by atoms with van der Waals surface area (Å²) in [6.07, 6.45) is 5.64. The minimum absolute atomic E-state index is 0. The third-order valence-corrected chi connectivity index (χ3v) is 6.10. The third kappa shape index (κ3) is 3.95. The van der Waals surface area contributed by atoms with Gasteiger partial charge in [0.15, 0.2) is 0 Å². The first kappa shape index (κ1) is 20.1. The maximum atomic E-state index is 13.4. The fraction of sp³-hybridized carbons (Fsp3) is 0.650. The van der Waals surface area contributed by atoms with Crippen molar-refractivity contribution in [3.8, 4) is 5.75 Å². The van der Waals surface area contributed by atoms with Crippen molar-refractivity contribution in [1.82, 2.24) is 10.2 Å². The Morgan fingerprint density at radius 3 is 2.80 bits per heavy atom. The minimum atomic E-state index is -0.211. The third-order valence-electron chi connectivity index (χ3n) is 6.10. The zero-order chi connectivity index (χ0) is 17.2. The van der Waals surface area contributed by atoms with Gasteiger partial charge in [-0.05, 0) is 62.3 Å². The summed E-state index contributed by atoms with van der Waals surface area (Å²) < 4.78 is 5.37. The molecule has 25 heavy (non-hydrogen) atoms. The van der Waals surface area contributed by atoms with Gasteiger partial charge in [-0.15, -0.1) is 12.4 Å². The van der Waals surface area contributed by atoms with Crippen LogP contribution < -0.4 is 10.1 Å². The van der Waals surface area contributed by atoms with E-state index < -0.39 is 0 Å². The number of likely N-dealkylation sites (N-methyl/N-ethyl adjacent to an activating group) is 2. The van der Waals surface area contributed by atoms with Gasteiger partial charge in [0.1, 0.15) is 5.75 Å². The minimum Gasteiger partial charge on any atom is -0.497 e.